The van der Waals surface area contributed by atoms with E-state index in [1.807, 2.05) is 13.8 Å². The maximum Gasteiger partial charge on any atom is 0.322 e. The molecule has 0 spiro atoms. The third kappa shape index (κ3) is 4.66. The molecule has 2 N–H and O–H groups in total. The SMILES string of the molecule is CCCOc1nc(NC)nc(SC(C)C(C)O)n1. The highest BCUT2D eigenvalue weighted by Crippen LogP contribution is 2.23. The average Bonchev–Trinajstić information content (AvgIpc) is 2.35. The van der Waals surface area contributed by atoms with Gasteiger partial charge in [0.25, 0.3) is 0 Å². The molecule has 0 fully saturated rings. The predicted octanol–water partition coefficient (Wildman–Crippen LogP) is 1.56. The first kappa shape index (κ1) is 15.0. The van der Waals surface area contributed by atoms with Gasteiger partial charge in [-0.1, -0.05) is 25.6 Å². The summed E-state index contributed by atoms with van der Waals surface area (Å²) in [4.78, 5) is 12.5. The van der Waals surface area contributed by atoms with Gasteiger partial charge in [-0.3, -0.25) is 0 Å². The van der Waals surface area contributed by atoms with Crippen LogP contribution in [0.3, 0.4) is 0 Å². The summed E-state index contributed by atoms with van der Waals surface area (Å²) in [6.07, 6.45) is 0.470. The lowest BCUT2D eigenvalue weighted by atomic mass is 10.3. The van der Waals surface area contributed by atoms with E-state index in [9.17, 15) is 5.11 Å². The standard InChI is InChI=1S/C11H20N4O2S/c1-5-6-17-10-13-9(12-4)14-11(15-10)18-8(3)7(2)16/h7-8,16H,5-6H2,1-4H3,(H,12,13,14,15). The van der Waals surface area contributed by atoms with E-state index >= 15 is 0 Å². The Bertz CT molecular complexity index is 376. The van der Waals surface area contributed by atoms with Crippen LogP contribution in [0, 0.1) is 0 Å². The minimum Gasteiger partial charge on any atom is -0.463 e. The van der Waals surface area contributed by atoms with Crippen LogP contribution in [0.4, 0.5) is 5.95 Å². The van der Waals surface area contributed by atoms with Crippen LogP contribution >= 0.6 is 11.8 Å². The van der Waals surface area contributed by atoms with Crippen molar-refractivity contribution in [2.24, 2.45) is 0 Å². The van der Waals surface area contributed by atoms with Crippen molar-refractivity contribution in [3.8, 4) is 6.01 Å². The summed E-state index contributed by atoms with van der Waals surface area (Å²) < 4.78 is 5.40. The number of aromatic nitrogens is 3. The number of thioether (sulfide) groups is 1. The van der Waals surface area contributed by atoms with Crippen molar-refractivity contribution >= 4 is 17.7 Å². The molecule has 1 heterocycles. The molecule has 2 unspecified atom stereocenters. The molecule has 1 rings (SSSR count). The van der Waals surface area contributed by atoms with Crippen LogP contribution in [0.5, 0.6) is 6.01 Å². The maximum absolute atomic E-state index is 9.48. The van der Waals surface area contributed by atoms with E-state index in [1.54, 1.807) is 14.0 Å². The zero-order chi connectivity index (χ0) is 13.5. The summed E-state index contributed by atoms with van der Waals surface area (Å²) in [5, 5.41) is 12.9. The van der Waals surface area contributed by atoms with E-state index < -0.39 is 6.10 Å². The lowest BCUT2D eigenvalue weighted by molar-refractivity contribution is 0.196. The van der Waals surface area contributed by atoms with Crippen molar-refractivity contribution in [3.63, 3.8) is 0 Å². The molecular weight excluding hydrogens is 252 g/mol. The molecule has 0 radical (unpaired) electrons. The van der Waals surface area contributed by atoms with Gasteiger partial charge in [0.15, 0.2) is 5.16 Å². The fourth-order valence-electron chi connectivity index (χ4n) is 1.03. The van der Waals surface area contributed by atoms with Crippen LogP contribution in [-0.2, 0) is 0 Å². The van der Waals surface area contributed by atoms with E-state index in [0.717, 1.165) is 6.42 Å². The second-order valence-corrected chi connectivity index (χ2v) is 5.23. The maximum atomic E-state index is 9.48. The van der Waals surface area contributed by atoms with Crippen molar-refractivity contribution in [1.82, 2.24) is 15.0 Å². The third-order valence-corrected chi connectivity index (χ3v) is 3.38. The molecule has 2 atom stereocenters. The van der Waals surface area contributed by atoms with Gasteiger partial charge in [-0.05, 0) is 13.3 Å². The Morgan fingerprint density at radius 2 is 2.06 bits per heavy atom. The number of rotatable bonds is 7. The van der Waals surface area contributed by atoms with Gasteiger partial charge in [0.2, 0.25) is 5.95 Å². The van der Waals surface area contributed by atoms with Crippen molar-refractivity contribution in [3.05, 3.63) is 0 Å². The largest absolute Gasteiger partial charge is 0.463 e. The van der Waals surface area contributed by atoms with Crippen molar-refractivity contribution < 1.29 is 9.84 Å². The number of anilines is 1. The Labute approximate surface area is 112 Å². The van der Waals surface area contributed by atoms with Gasteiger partial charge in [-0.15, -0.1) is 0 Å². The highest BCUT2D eigenvalue weighted by Gasteiger charge is 2.14. The lowest BCUT2D eigenvalue weighted by Crippen LogP contribution is -2.16. The smallest absolute Gasteiger partial charge is 0.322 e. The van der Waals surface area contributed by atoms with Crippen LogP contribution in [-0.4, -0.2) is 45.1 Å². The van der Waals surface area contributed by atoms with Gasteiger partial charge in [0.05, 0.1) is 12.7 Å². The molecule has 0 saturated carbocycles. The van der Waals surface area contributed by atoms with Crippen LogP contribution in [0.15, 0.2) is 5.16 Å². The molecule has 0 bridgehead atoms. The van der Waals surface area contributed by atoms with Gasteiger partial charge in [0.1, 0.15) is 0 Å². The highest BCUT2D eigenvalue weighted by atomic mass is 32.2. The van der Waals surface area contributed by atoms with Crippen molar-refractivity contribution in [1.29, 1.82) is 0 Å². The van der Waals surface area contributed by atoms with Crippen LogP contribution in [0.25, 0.3) is 0 Å². The molecule has 0 aliphatic heterocycles. The molecule has 0 amide bonds. The molecule has 1 aromatic heterocycles. The molecule has 0 aliphatic rings. The average molecular weight is 272 g/mol. The topological polar surface area (TPSA) is 80.2 Å². The highest BCUT2D eigenvalue weighted by molar-refractivity contribution is 7.99. The van der Waals surface area contributed by atoms with Gasteiger partial charge in [-0.2, -0.15) is 15.0 Å². The molecule has 18 heavy (non-hydrogen) atoms. The number of hydrogen-bond acceptors (Lipinski definition) is 7. The van der Waals surface area contributed by atoms with Gasteiger partial charge in [0, 0.05) is 12.3 Å². The Morgan fingerprint density at radius 3 is 2.61 bits per heavy atom. The first-order chi connectivity index (χ1) is 8.56. The van der Waals surface area contributed by atoms with E-state index in [-0.39, 0.29) is 5.25 Å². The van der Waals surface area contributed by atoms with Crippen LogP contribution in [0.2, 0.25) is 0 Å². The molecule has 6 nitrogen and oxygen atoms in total. The zero-order valence-corrected chi connectivity index (χ0v) is 12.0. The second kappa shape index (κ2) is 7.38. The minimum atomic E-state index is -0.426. The molecule has 7 heteroatoms. The van der Waals surface area contributed by atoms with Gasteiger partial charge in [-0.25, -0.2) is 0 Å². The Hall–Kier alpha value is -1.08. The Kier molecular flexibility index (Phi) is 6.14. The van der Waals surface area contributed by atoms with E-state index in [2.05, 4.69) is 20.3 Å². The first-order valence-electron chi connectivity index (χ1n) is 5.98. The monoisotopic (exact) mass is 272 g/mol. The predicted molar refractivity (Wildman–Crippen MR) is 72.2 cm³/mol. The number of hydrogen-bond donors (Lipinski definition) is 2. The van der Waals surface area contributed by atoms with Crippen molar-refractivity contribution in [2.75, 3.05) is 19.0 Å². The Balaban J connectivity index is 2.82. The van der Waals surface area contributed by atoms with E-state index in [1.165, 1.54) is 11.8 Å². The zero-order valence-electron chi connectivity index (χ0n) is 11.2. The number of nitrogens with zero attached hydrogens (tertiary/aromatic N) is 3. The fourth-order valence-corrected chi connectivity index (χ4v) is 1.82. The molecule has 0 aromatic carbocycles. The summed E-state index contributed by atoms with van der Waals surface area (Å²) in [6.45, 7) is 6.26. The van der Waals surface area contributed by atoms with Gasteiger partial charge >= 0.3 is 6.01 Å². The molecule has 102 valence electrons. The second-order valence-electron chi connectivity index (χ2n) is 3.89. The number of nitrogens with one attached hydrogen (secondary N) is 1. The molecule has 0 saturated heterocycles. The normalized spacial score (nSPS) is 14.1. The first-order valence-corrected chi connectivity index (χ1v) is 6.86. The molecular formula is C11H20N4O2S. The quantitative estimate of drug-likeness (QED) is 0.729. The molecule has 1 aromatic rings. The fraction of sp³-hybridized carbons (Fsp3) is 0.727. The lowest BCUT2D eigenvalue weighted by Gasteiger charge is -2.13. The summed E-state index contributed by atoms with van der Waals surface area (Å²) in [5.41, 5.74) is 0. The summed E-state index contributed by atoms with van der Waals surface area (Å²) in [6, 6.07) is 0.316. The van der Waals surface area contributed by atoms with Crippen LogP contribution in [0.1, 0.15) is 27.2 Å². The number of ether oxygens (including phenoxy) is 1. The van der Waals surface area contributed by atoms with Gasteiger partial charge < -0.3 is 15.2 Å². The number of aliphatic hydroxyl groups excluding tert-OH is 1. The van der Waals surface area contributed by atoms with E-state index in [0.29, 0.717) is 23.7 Å². The molecule has 0 aliphatic carbocycles. The minimum absolute atomic E-state index is 0.0103. The Morgan fingerprint density at radius 1 is 1.33 bits per heavy atom. The summed E-state index contributed by atoms with van der Waals surface area (Å²) in [5.74, 6) is 0.469. The number of aliphatic hydroxyl groups is 1. The van der Waals surface area contributed by atoms with Crippen LogP contribution < -0.4 is 10.1 Å². The summed E-state index contributed by atoms with van der Waals surface area (Å²) in [7, 11) is 1.74. The van der Waals surface area contributed by atoms with Crippen molar-refractivity contribution in [2.45, 2.75) is 43.7 Å². The summed E-state index contributed by atoms with van der Waals surface area (Å²) >= 11 is 1.40. The third-order valence-electron chi connectivity index (χ3n) is 2.22. The van der Waals surface area contributed by atoms with E-state index in [4.69, 9.17) is 4.74 Å².